The average Bonchev–Trinajstić information content (AvgIpc) is 3.03. The largest absolute Gasteiger partial charge is 0.451 e. The first-order valence-electron chi connectivity index (χ1n) is 14.9. The molecule has 43 heavy (non-hydrogen) atoms. The molecule has 0 saturated carbocycles. The van der Waals surface area contributed by atoms with E-state index in [2.05, 4.69) is 39.8 Å². The summed E-state index contributed by atoms with van der Waals surface area (Å²) >= 11 is 0. The highest BCUT2D eigenvalue weighted by molar-refractivity contribution is 6.02. The molecule has 1 amide bonds. The number of likely N-dealkylation sites (tertiary alicyclic amines) is 1. The second-order valence-electron chi connectivity index (χ2n) is 11.4. The van der Waals surface area contributed by atoms with Crippen LogP contribution < -0.4 is 20.8 Å². The third-order valence-electron chi connectivity index (χ3n) is 8.46. The second-order valence-corrected chi connectivity index (χ2v) is 11.4. The van der Waals surface area contributed by atoms with Gasteiger partial charge in [0.2, 0.25) is 5.43 Å². The van der Waals surface area contributed by atoms with Gasteiger partial charge in [0.25, 0.3) is 5.91 Å². The van der Waals surface area contributed by atoms with Gasteiger partial charge in [0.1, 0.15) is 16.8 Å². The van der Waals surface area contributed by atoms with Crippen molar-refractivity contribution in [3.63, 3.8) is 0 Å². The first-order chi connectivity index (χ1) is 21.0. The Bertz CT molecular complexity index is 1910. The van der Waals surface area contributed by atoms with Gasteiger partial charge in [0.05, 0.1) is 11.1 Å². The van der Waals surface area contributed by atoms with Crippen LogP contribution in [-0.2, 0) is 6.54 Å². The second kappa shape index (κ2) is 11.2. The summed E-state index contributed by atoms with van der Waals surface area (Å²) < 4.78 is 24.3. The van der Waals surface area contributed by atoms with Gasteiger partial charge in [-0.05, 0) is 53.8 Å². The number of piperidine rings is 1. The van der Waals surface area contributed by atoms with E-state index in [4.69, 9.17) is 4.74 Å². The van der Waals surface area contributed by atoms with Crippen molar-refractivity contribution in [3.05, 3.63) is 106 Å². The van der Waals surface area contributed by atoms with E-state index in [1.165, 1.54) is 11.6 Å². The summed E-state index contributed by atoms with van der Waals surface area (Å²) in [6.45, 7) is 5.03. The smallest absolute Gasteiger partial charge is 0.256 e. The molecule has 2 aliphatic heterocycles. The fourth-order valence-corrected chi connectivity index (χ4v) is 6.21. The molecule has 7 rings (SSSR count). The quantitative estimate of drug-likeness (QED) is 0.224. The molecular weight excluding hydrogens is 543 g/mol. The van der Waals surface area contributed by atoms with Crippen LogP contribution in [0.5, 0.6) is 11.5 Å². The highest BCUT2D eigenvalue weighted by atomic mass is 19.1. The highest BCUT2D eigenvalue weighted by Gasteiger charge is 2.30. The van der Waals surface area contributed by atoms with E-state index in [-0.39, 0.29) is 28.4 Å². The fraction of sp³-hybridized carbons (Fsp3) is 0.257. The molecule has 0 aliphatic carbocycles. The molecule has 218 valence electrons. The lowest BCUT2D eigenvalue weighted by Gasteiger charge is -2.34. The molecule has 0 radical (unpaired) electrons. The number of hydrogen-bond donors (Lipinski definition) is 2. The Kier molecular flexibility index (Phi) is 7.07. The molecule has 1 saturated heterocycles. The number of ether oxygens (including phenoxy) is 1. The van der Waals surface area contributed by atoms with Crippen LogP contribution in [0.4, 0.5) is 10.1 Å². The number of carbonyl (C=O) groups excluding carboxylic acids is 1. The Morgan fingerprint density at radius 3 is 2.47 bits per heavy atom. The lowest BCUT2D eigenvalue weighted by molar-refractivity contribution is 0.0952. The maximum Gasteiger partial charge on any atom is 0.256 e. The number of aromatic nitrogens is 1. The number of benzene rings is 4. The van der Waals surface area contributed by atoms with Gasteiger partial charge in [-0.3, -0.25) is 14.5 Å². The molecule has 3 heterocycles. The molecule has 4 aromatic carbocycles. The van der Waals surface area contributed by atoms with E-state index in [9.17, 15) is 9.59 Å². The van der Waals surface area contributed by atoms with Gasteiger partial charge in [-0.2, -0.15) is 0 Å². The fourth-order valence-electron chi connectivity index (χ4n) is 6.21. The maximum absolute atomic E-state index is 16.0. The number of nitrogens with one attached hydrogen (secondary N) is 2. The first kappa shape index (κ1) is 27.2. The number of nitrogens with zero attached hydrogens (tertiary/aromatic N) is 2. The Labute approximate surface area is 248 Å². The minimum atomic E-state index is -0.576. The Morgan fingerprint density at radius 2 is 1.72 bits per heavy atom. The van der Waals surface area contributed by atoms with Gasteiger partial charge in [-0.25, -0.2) is 4.39 Å². The summed E-state index contributed by atoms with van der Waals surface area (Å²) in [5, 5.41) is 8.30. The highest BCUT2D eigenvalue weighted by Crippen LogP contribution is 2.46. The molecule has 1 aromatic heterocycles. The molecule has 7 nitrogen and oxygen atoms in total. The van der Waals surface area contributed by atoms with E-state index in [1.54, 1.807) is 6.20 Å². The van der Waals surface area contributed by atoms with Gasteiger partial charge in [0, 0.05) is 38.4 Å². The topological polar surface area (TPSA) is 75.6 Å². The predicted octanol–water partition coefficient (Wildman–Crippen LogP) is 6.61. The van der Waals surface area contributed by atoms with Crippen molar-refractivity contribution in [2.24, 2.45) is 0 Å². The molecule has 2 aliphatic rings. The standard InChI is InChI=1S/C35H33FN4O3/c1-2-14-37-35(42)27-21-40-29-17-23-10-6-7-11-24(23)18-30(29)43-34-31(28(36)19-26(32(34)40)33(27)41)38-25-12-15-39(16-13-25)20-22-8-4-3-5-9-22/h3-11,17-19,21,25,38H,2,12-16,20H2,1H3,(H,37,42). The van der Waals surface area contributed by atoms with Crippen LogP contribution in [0.2, 0.25) is 0 Å². The summed E-state index contributed by atoms with van der Waals surface area (Å²) in [6.07, 6.45) is 3.98. The van der Waals surface area contributed by atoms with Crippen molar-refractivity contribution in [1.29, 1.82) is 0 Å². The van der Waals surface area contributed by atoms with Gasteiger partial charge in [0.15, 0.2) is 17.3 Å². The molecule has 1 fully saturated rings. The molecule has 8 heteroatoms. The zero-order valence-electron chi connectivity index (χ0n) is 24.0. The molecule has 0 spiro atoms. The molecule has 0 unspecified atom stereocenters. The van der Waals surface area contributed by atoms with Crippen LogP contribution in [0, 0.1) is 5.82 Å². The molecule has 0 atom stereocenters. The van der Waals surface area contributed by atoms with E-state index in [0.717, 1.165) is 49.7 Å². The third-order valence-corrected chi connectivity index (χ3v) is 8.46. The Balaban J connectivity index is 1.29. The zero-order valence-corrected chi connectivity index (χ0v) is 24.0. The number of anilines is 1. The van der Waals surface area contributed by atoms with Crippen molar-refractivity contribution < 1.29 is 13.9 Å². The number of hydrogen-bond acceptors (Lipinski definition) is 5. The van der Waals surface area contributed by atoms with Crippen LogP contribution in [0.1, 0.15) is 42.1 Å². The molecule has 0 bridgehead atoms. The van der Waals surface area contributed by atoms with Gasteiger partial charge >= 0.3 is 0 Å². The summed E-state index contributed by atoms with van der Waals surface area (Å²) in [5.74, 6) is -0.254. The first-order valence-corrected chi connectivity index (χ1v) is 14.9. The third kappa shape index (κ3) is 5.02. The van der Waals surface area contributed by atoms with Gasteiger partial charge in [-0.15, -0.1) is 0 Å². The number of halogens is 1. The predicted molar refractivity (Wildman–Crippen MR) is 168 cm³/mol. The van der Waals surface area contributed by atoms with Crippen molar-refractivity contribution in [3.8, 4) is 17.2 Å². The van der Waals surface area contributed by atoms with E-state index >= 15 is 4.39 Å². The maximum atomic E-state index is 16.0. The van der Waals surface area contributed by atoms with E-state index in [0.29, 0.717) is 23.5 Å². The van der Waals surface area contributed by atoms with Crippen molar-refractivity contribution >= 4 is 33.3 Å². The number of carbonyl (C=O) groups is 1. The van der Waals surface area contributed by atoms with E-state index in [1.807, 2.05) is 54.0 Å². The summed E-state index contributed by atoms with van der Waals surface area (Å²) in [6, 6.07) is 23.5. The summed E-state index contributed by atoms with van der Waals surface area (Å²) in [7, 11) is 0. The Morgan fingerprint density at radius 1 is 1.00 bits per heavy atom. The molecule has 2 N–H and O–H groups in total. The monoisotopic (exact) mass is 576 g/mol. The van der Waals surface area contributed by atoms with Crippen LogP contribution in [0.3, 0.4) is 0 Å². The number of fused-ring (bicyclic) bond motifs is 3. The van der Waals surface area contributed by atoms with Crippen LogP contribution in [0.15, 0.2) is 83.8 Å². The minimum absolute atomic E-state index is 0.0289. The van der Waals surface area contributed by atoms with Crippen molar-refractivity contribution in [2.75, 3.05) is 25.0 Å². The number of rotatable bonds is 7. The number of pyridine rings is 1. The minimum Gasteiger partial charge on any atom is -0.451 e. The van der Waals surface area contributed by atoms with Crippen LogP contribution in [-0.4, -0.2) is 41.1 Å². The average molecular weight is 577 g/mol. The molecular formula is C35H33FN4O3. The van der Waals surface area contributed by atoms with Crippen molar-refractivity contribution in [1.82, 2.24) is 14.8 Å². The van der Waals surface area contributed by atoms with Crippen molar-refractivity contribution in [2.45, 2.75) is 38.8 Å². The zero-order chi connectivity index (χ0) is 29.5. The summed E-state index contributed by atoms with van der Waals surface area (Å²) in [5.41, 5.74) is 2.11. The lowest BCUT2D eigenvalue weighted by atomic mass is 10.0. The van der Waals surface area contributed by atoms with Gasteiger partial charge in [-0.1, -0.05) is 61.5 Å². The normalized spacial score (nSPS) is 14.8. The number of amides is 1. The summed E-state index contributed by atoms with van der Waals surface area (Å²) in [4.78, 5) is 29.1. The lowest BCUT2D eigenvalue weighted by Crippen LogP contribution is -2.39. The van der Waals surface area contributed by atoms with Gasteiger partial charge < -0.3 is 19.9 Å². The Hall–Kier alpha value is -4.69. The van der Waals surface area contributed by atoms with E-state index < -0.39 is 17.2 Å². The SMILES string of the molecule is CCCNC(=O)c1cn2c3c(c(NC4CCN(Cc5ccccc5)CC4)c(F)cc3c1=O)Oc1cc3ccccc3cc1-2. The van der Waals surface area contributed by atoms with Crippen LogP contribution in [0.25, 0.3) is 27.4 Å². The van der Waals surface area contributed by atoms with Crippen LogP contribution >= 0.6 is 0 Å². The molecule has 5 aromatic rings.